The molecule has 2 aromatic rings. The van der Waals surface area contributed by atoms with Crippen LogP contribution in [0.5, 0.6) is 23.0 Å². The average Bonchev–Trinajstić information content (AvgIpc) is 3.02. The first-order valence-electron chi connectivity index (χ1n) is 17.9. The predicted molar refractivity (Wildman–Crippen MR) is 184 cm³/mol. The van der Waals surface area contributed by atoms with E-state index in [0.717, 1.165) is 38.5 Å². The number of ether oxygens (including phenoxy) is 2. The zero-order valence-electron chi connectivity index (χ0n) is 28.5. The minimum Gasteiger partial charge on any atom is -0.508 e. The maximum Gasteiger partial charge on any atom is 0.311 e. The molecule has 0 bridgehead atoms. The van der Waals surface area contributed by atoms with Gasteiger partial charge in [-0.3, -0.25) is 14.4 Å². The Morgan fingerprint density at radius 3 is 1.43 bits per heavy atom. The number of ketones is 1. The molecule has 0 unspecified atom stereocenters. The van der Waals surface area contributed by atoms with Crippen LogP contribution in [-0.2, 0) is 16.0 Å². The molecule has 0 atom stereocenters. The van der Waals surface area contributed by atoms with Crippen LogP contribution in [-0.4, -0.2) is 27.9 Å². The number of rotatable bonds is 26. The van der Waals surface area contributed by atoms with E-state index in [2.05, 4.69) is 13.8 Å². The lowest BCUT2D eigenvalue weighted by Crippen LogP contribution is -2.12. The number of esters is 2. The van der Waals surface area contributed by atoms with Crippen molar-refractivity contribution in [1.29, 1.82) is 0 Å². The third kappa shape index (κ3) is 16.8. The highest BCUT2D eigenvalue weighted by molar-refractivity contribution is 5.99. The Hall–Kier alpha value is -3.35. The lowest BCUT2D eigenvalue weighted by molar-refractivity contribution is -0.135. The molecule has 2 N–H and O–H groups in total. The highest BCUT2D eigenvalue weighted by Crippen LogP contribution is 2.29. The SMILES string of the molecule is CCCCCCCCCCCC(=O)Oc1cc(O)ccc1CCC(=O)c1ccc(O)cc1OC(=O)CCCCCCCCCCC. The zero-order valence-corrected chi connectivity index (χ0v) is 28.5. The largest absolute Gasteiger partial charge is 0.508 e. The predicted octanol–water partition coefficient (Wildman–Crippen LogP) is 10.6. The van der Waals surface area contributed by atoms with Crippen LogP contribution in [0.3, 0.4) is 0 Å². The summed E-state index contributed by atoms with van der Waals surface area (Å²) in [6.45, 7) is 4.42. The van der Waals surface area contributed by atoms with Gasteiger partial charge in [0.2, 0.25) is 0 Å². The van der Waals surface area contributed by atoms with Gasteiger partial charge in [0.25, 0.3) is 0 Å². The van der Waals surface area contributed by atoms with Crippen molar-refractivity contribution in [2.75, 3.05) is 0 Å². The summed E-state index contributed by atoms with van der Waals surface area (Å²) in [6, 6.07) is 8.69. The number of hydrogen-bond acceptors (Lipinski definition) is 7. The van der Waals surface area contributed by atoms with E-state index in [-0.39, 0.29) is 59.6 Å². The van der Waals surface area contributed by atoms with E-state index in [1.54, 1.807) is 6.07 Å². The molecule has 7 heteroatoms. The Labute approximate surface area is 277 Å². The van der Waals surface area contributed by atoms with Gasteiger partial charge in [-0.2, -0.15) is 0 Å². The number of hydrogen-bond donors (Lipinski definition) is 2. The normalized spacial score (nSPS) is 11.0. The minimum absolute atomic E-state index is 0.0272. The molecule has 0 aromatic heterocycles. The second-order valence-corrected chi connectivity index (χ2v) is 12.5. The maximum absolute atomic E-state index is 13.2. The molecule has 256 valence electrons. The zero-order chi connectivity index (χ0) is 33.4. The van der Waals surface area contributed by atoms with Crippen molar-refractivity contribution < 1.29 is 34.1 Å². The van der Waals surface area contributed by atoms with Crippen molar-refractivity contribution >= 4 is 17.7 Å². The molecular weight excluding hydrogens is 580 g/mol. The van der Waals surface area contributed by atoms with Gasteiger partial charge in [-0.15, -0.1) is 0 Å². The van der Waals surface area contributed by atoms with Gasteiger partial charge < -0.3 is 19.7 Å². The highest BCUT2D eigenvalue weighted by atomic mass is 16.5. The van der Waals surface area contributed by atoms with E-state index in [1.807, 2.05) is 0 Å². The quantitative estimate of drug-likeness (QED) is 0.0456. The van der Waals surface area contributed by atoms with Crippen molar-refractivity contribution in [2.24, 2.45) is 0 Å². The van der Waals surface area contributed by atoms with Gasteiger partial charge in [0.1, 0.15) is 23.0 Å². The molecule has 0 fully saturated rings. The number of phenolic OH excluding ortho intramolecular Hbond substituents is 2. The monoisotopic (exact) mass is 638 g/mol. The minimum atomic E-state index is -0.428. The number of phenols is 2. The molecule has 0 aliphatic carbocycles. The van der Waals surface area contributed by atoms with Gasteiger partial charge in [-0.05, 0) is 43.0 Å². The van der Waals surface area contributed by atoms with E-state index < -0.39 is 5.97 Å². The number of benzene rings is 2. The summed E-state index contributed by atoms with van der Waals surface area (Å²) >= 11 is 0. The number of carbonyl (C=O) groups is 3. The summed E-state index contributed by atoms with van der Waals surface area (Å²) in [6.07, 6.45) is 21.5. The lowest BCUT2D eigenvalue weighted by Gasteiger charge is -2.12. The fraction of sp³-hybridized carbons (Fsp3) is 0.615. The number of Topliss-reactive ketones (excluding diaryl/α,β-unsaturated/α-hetero) is 1. The average molecular weight is 639 g/mol. The molecule has 0 aliphatic heterocycles. The van der Waals surface area contributed by atoms with E-state index in [9.17, 15) is 24.6 Å². The Balaban J connectivity index is 1.82. The van der Waals surface area contributed by atoms with Crippen molar-refractivity contribution in [1.82, 2.24) is 0 Å². The van der Waals surface area contributed by atoms with Crippen LogP contribution >= 0.6 is 0 Å². The van der Waals surface area contributed by atoms with Gasteiger partial charge in [0.05, 0.1) is 5.56 Å². The Bertz CT molecular complexity index is 1170. The Morgan fingerprint density at radius 1 is 0.522 bits per heavy atom. The smallest absolute Gasteiger partial charge is 0.311 e. The highest BCUT2D eigenvalue weighted by Gasteiger charge is 2.18. The van der Waals surface area contributed by atoms with Crippen molar-refractivity contribution in [3.05, 3.63) is 47.5 Å². The molecule has 0 heterocycles. The fourth-order valence-corrected chi connectivity index (χ4v) is 5.56. The summed E-state index contributed by atoms with van der Waals surface area (Å²) in [4.78, 5) is 38.3. The van der Waals surface area contributed by atoms with Crippen LogP contribution in [0, 0.1) is 0 Å². The Morgan fingerprint density at radius 2 is 0.935 bits per heavy atom. The van der Waals surface area contributed by atoms with Crippen LogP contribution in [0.25, 0.3) is 0 Å². The van der Waals surface area contributed by atoms with E-state index >= 15 is 0 Å². The molecule has 0 radical (unpaired) electrons. The van der Waals surface area contributed by atoms with E-state index in [0.29, 0.717) is 12.0 Å². The first kappa shape index (κ1) is 38.8. The number of aromatic hydroxyl groups is 2. The summed E-state index contributed by atoms with van der Waals surface area (Å²) < 4.78 is 11.1. The van der Waals surface area contributed by atoms with Crippen LogP contribution in [0.15, 0.2) is 36.4 Å². The fourth-order valence-electron chi connectivity index (χ4n) is 5.56. The van der Waals surface area contributed by atoms with E-state index in [1.165, 1.54) is 107 Å². The number of carbonyl (C=O) groups excluding carboxylic acids is 3. The maximum atomic E-state index is 13.2. The van der Waals surface area contributed by atoms with Crippen LogP contribution in [0.1, 0.15) is 165 Å². The molecule has 2 rings (SSSR count). The molecule has 7 nitrogen and oxygen atoms in total. The molecule has 0 saturated carbocycles. The van der Waals surface area contributed by atoms with Crippen LogP contribution in [0.4, 0.5) is 0 Å². The van der Waals surface area contributed by atoms with Crippen molar-refractivity contribution in [3.63, 3.8) is 0 Å². The lowest BCUT2D eigenvalue weighted by atomic mass is 10.0. The molecule has 2 aromatic carbocycles. The number of unbranched alkanes of at least 4 members (excludes halogenated alkanes) is 16. The molecule has 0 saturated heterocycles. The molecule has 0 amide bonds. The molecule has 0 aliphatic rings. The first-order chi connectivity index (χ1) is 22.3. The summed E-state index contributed by atoms with van der Waals surface area (Å²) in [5.41, 5.74) is 0.829. The second kappa shape index (κ2) is 23.9. The summed E-state index contributed by atoms with van der Waals surface area (Å²) in [5, 5.41) is 20.0. The van der Waals surface area contributed by atoms with Gasteiger partial charge >= 0.3 is 11.9 Å². The Kier molecular flexibility index (Phi) is 20.2. The molecule has 46 heavy (non-hydrogen) atoms. The van der Waals surface area contributed by atoms with E-state index in [4.69, 9.17) is 9.47 Å². The van der Waals surface area contributed by atoms with Gasteiger partial charge in [0, 0.05) is 31.4 Å². The first-order valence-corrected chi connectivity index (χ1v) is 17.9. The van der Waals surface area contributed by atoms with Crippen LogP contribution in [0.2, 0.25) is 0 Å². The summed E-state index contributed by atoms with van der Waals surface area (Å²) in [7, 11) is 0. The molecule has 0 spiro atoms. The number of aryl methyl sites for hydroxylation is 1. The van der Waals surface area contributed by atoms with Crippen LogP contribution < -0.4 is 9.47 Å². The third-order valence-electron chi connectivity index (χ3n) is 8.35. The van der Waals surface area contributed by atoms with Gasteiger partial charge in [0.15, 0.2) is 5.78 Å². The standard InChI is InChI=1S/C39H58O7/c1-3-5-7-9-11-13-15-17-19-21-38(43)45-36-29-32(40)25-23-31(36)24-28-35(42)34-27-26-33(41)30-37(34)46-39(44)22-20-18-16-14-12-10-8-6-4-2/h23,25-27,29-30,40-41H,3-22,24,28H2,1-2H3. The third-order valence-corrected chi connectivity index (χ3v) is 8.35. The van der Waals surface area contributed by atoms with Crippen molar-refractivity contribution in [2.45, 2.75) is 155 Å². The topological polar surface area (TPSA) is 110 Å². The van der Waals surface area contributed by atoms with Gasteiger partial charge in [-0.1, -0.05) is 123 Å². The van der Waals surface area contributed by atoms with Gasteiger partial charge in [-0.25, -0.2) is 0 Å². The second-order valence-electron chi connectivity index (χ2n) is 12.5. The summed E-state index contributed by atoms with van der Waals surface area (Å²) in [5.74, 6) is -0.895. The van der Waals surface area contributed by atoms with Crippen molar-refractivity contribution in [3.8, 4) is 23.0 Å². The molecular formula is C39H58O7.